The average molecular weight is 329 g/mol. The van der Waals surface area contributed by atoms with Crippen molar-refractivity contribution >= 4 is 12.1 Å². The van der Waals surface area contributed by atoms with Gasteiger partial charge in [0.25, 0.3) is 0 Å². The van der Waals surface area contributed by atoms with Crippen molar-refractivity contribution in [1.82, 2.24) is 5.32 Å². The molecule has 0 unspecified atom stereocenters. The summed E-state index contributed by atoms with van der Waals surface area (Å²) < 4.78 is 5.06. The van der Waals surface area contributed by atoms with E-state index in [1.807, 2.05) is 18.2 Å². The molecule has 2 aromatic carbocycles. The number of hydrogen-bond donors (Lipinski definition) is 3. The van der Waals surface area contributed by atoms with Gasteiger partial charge in [-0.25, -0.2) is 9.59 Å². The summed E-state index contributed by atoms with van der Waals surface area (Å²) in [7, 11) is 0. The fourth-order valence-electron chi connectivity index (χ4n) is 2.26. The number of phenols is 1. The number of alkyl carbamates (subject to hydrolysis) is 1. The lowest BCUT2D eigenvalue weighted by atomic mass is 9.93. The quantitative estimate of drug-likeness (QED) is 0.757. The zero-order valence-electron chi connectivity index (χ0n) is 13.2. The van der Waals surface area contributed by atoms with Crippen LogP contribution in [0.2, 0.25) is 0 Å². The van der Waals surface area contributed by atoms with Crippen molar-refractivity contribution in [1.29, 1.82) is 0 Å². The van der Waals surface area contributed by atoms with E-state index in [4.69, 9.17) is 4.74 Å². The topological polar surface area (TPSA) is 95.9 Å². The lowest BCUT2D eigenvalue weighted by molar-refractivity contribution is -0.139. The van der Waals surface area contributed by atoms with Crippen LogP contribution in [0.1, 0.15) is 24.0 Å². The maximum Gasteiger partial charge on any atom is 0.408 e. The molecule has 0 aliphatic heterocycles. The predicted octanol–water partition coefficient (Wildman–Crippen LogP) is 2.88. The van der Waals surface area contributed by atoms with Crippen LogP contribution in [0.5, 0.6) is 5.75 Å². The van der Waals surface area contributed by atoms with Crippen molar-refractivity contribution in [2.24, 2.45) is 0 Å². The van der Waals surface area contributed by atoms with Gasteiger partial charge < -0.3 is 20.3 Å². The number of carboxylic acid groups (broad SMARTS) is 1. The first-order valence-corrected chi connectivity index (χ1v) is 7.46. The lowest BCUT2D eigenvalue weighted by Crippen LogP contribution is -2.44. The zero-order valence-corrected chi connectivity index (χ0v) is 13.2. The van der Waals surface area contributed by atoms with Gasteiger partial charge in [0.05, 0.1) is 0 Å². The van der Waals surface area contributed by atoms with Gasteiger partial charge in [-0.2, -0.15) is 0 Å². The number of benzene rings is 2. The molecule has 2 aromatic rings. The minimum atomic E-state index is -1.16. The third-order valence-corrected chi connectivity index (χ3v) is 3.67. The van der Waals surface area contributed by atoms with E-state index in [-0.39, 0.29) is 12.4 Å². The van der Waals surface area contributed by atoms with Crippen molar-refractivity contribution in [2.45, 2.75) is 25.5 Å². The molecule has 0 aliphatic rings. The van der Waals surface area contributed by atoms with Crippen LogP contribution in [0.25, 0.3) is 0 Å². The summed E-state index contributed by atoms with van der Waals surface area (Å²) in [6.07, 6.45) is -0.795. The van der Waals surface area contributed by atoms with Crippen molar-refractivity contribution in [3.05, 3.63) is 65.7 Å². The highest BCUT2D eigenvalue weighted by Crippen LogP contribution is 2.22. The molecule has 0 spiro atoms. The van der Waals surface area contributed by atoms with Crippen LogP contribution in [-0.4, -0.2) is 28.3 Å². The van der Waals surface area contributed by atoms with E-state index < -0.39 is 24.0 Å². The van der Waals surface area contributed by atoms with Gasteiger partial charge in [-0.1, -0.05) is 49.4 Å². The Morgan fingerprint density at radius 1 is 1.08 bits per heavy atom. The molecule has 24 heavy (non-hydrogen) atoms. The predicted molar refractivity (Wildman–Crippen MR) is 87.7 cm³/mol. The summed E-state index contributed by atoms with van der Waals surface area (Å²) in [6.45, 7) is 1.75. The number of hydrogen-bond acceptors (Lipinski definition) is 4. The lowest BCUT2D eigenvalue weighted by Gasteiger charge is -2.21. The van der Waals surface area contributed by atoms with Gasteiger partial charge in [-0.15, -0.1) is 0 Å². The van der Waals surface area contributed by atoms with E-state index in [2.05, 4.69) is 5.32 Å². The number of amides is 1. The number of carbonyl (C=O) groups is 2. The van der Waals surface area contributed by atoms with E-state index in [9.17, 15) is 19.8 Å². The van der Waals surface area contributed by atoms with E-state index >= 15 is 0 Å². The summed E-state index contributed by atoms with van der Waals surface area (Å²) in [5.74, 6) is -1.56. The summed E-state index contributed by atoms with van der Waals surface area (Å²) in [4.78, 5) is 23.4. The van der Waals surface area contributed by atoms with E-state index in [1.54, 1.807) is 31.2 Å². The molecule has 6 nitrogen and oxygen atoms in total. The molecule has 126 valence electrons. The number of carbonyl (C=O) groups excluding carboxylic acids is 1. The molecule has 0 heterocycles. The minimum Gasteiger partial charge on any atom is -0.508 e. The van der Waals surface area contributed by atoms with E-state index in [0.29, 0.717) is 5.56 Å². The molecule has 0 aliphatic carbocycles. The molecule has 0 radical (unpaired) electrons. The van der Waals surface area contributed by atoms with E-state index in [1.165, 1.54) is 12.1 Å². The van der Waals surface area contributed by atoms with Crippen LogP contribution in [0.15, 0.2) is 54.6 Å². The molecule has 3 N–H and O–H groups in total. The summed E-state index contributed by atoms with van der Waals surface area (Å²) in [5.41, 5.74) is 1.50. The Morgan fingerprint density at radius 2 is 1.71 bits per heavy atom. The minimum absolute atomic E-state index is 0.0621. The summed E-state index contributed by atoms with van der Waals surface area (Å²) in [5, 5.41) is 21.1. The smallest absolute Gasteiger partial charge is 0.408 e. The maximum atomic E-state index is 11.9. The molecule has 0 aromatic heterocycles. The van der Waals surface area contributed by atoms with Crippen LogP contribution in [-0.2, 0) is 16.1 Å². The van der Waals surface area contributed by atoms with Gasteiger partial charge in [-0.3, -0.25) is 0 Å². The Labute approximate surface area is 139 Å². The highest BCUT2D eigenvalue weighted by Gasteiger charge is 2.28. The Kier molecular flexibility index (Phi) is 5.78. The molecule has 6 heteroatoms. The molecular formula is C18H19NO5. The first kappa shape index (κ1) is 17.3. The normalized spacial score (nSPS) is 12.9. The second kappa shape index (κ2) is 8.01. The van der Waals surface area contributed by atoms with Gasteiger partial charge in [-0.05, 0) is 23.3 Å². The van der Waals surface area contributed by atoms with Crippen molar-refractivity contribution in [3.63, 3.8) is 0 Å². The van der Waals surface area contributed by atoms with E-state index in [0.717, 1.165) is 5.56 Å². The van der Waals surface area contributed by atoms with Crippen LogP contribution in [0, 0.1) is 0 Å². The summed E-state index contributed by atoms with van der Waals surface area (Å²) in [6, 6.07) is 14.1. The Morgan fingerprint density at radius 3 is 2.29 bits per heavy atom. The number of nitrogens with one attached hydrogen (secondary N) is 1. The average Bonchev–Trinajstić information content (AvgIpc) is 2.58. The van der Waals surface area contributed by atoms with Gasteiger partial charge in [0.2, 0.25) is 0 Å². The zero-order chi connectivity index (χ0) is 17.5. The third kappa shape index (κ3) is 4.74. The molecule has 0 fully saturated rings. The highest BCUT2D eigenvalue weighted by atomic mass is 16.5. The number of carboxylic acids is 1. The molecule has 0 bridgehead atoms. The number of aromatic hydroxyl groups is 1. The maximum absolute atomic E-state index is 11.9. The van der Waals surface area contributed by atoms with Crippen molar-refractivity contribution < 1.29 is 24.5 Å². The largest absolute Gasteiger partial charge is 0.508 e. The fourth-order valence-corrected chi connectivity index (χ4v) is 2.26. The second-order valence-corrected chi connectivity index (χ2v) is 5.40. The number of phenolic OH excluding ortho intramolecular Hbond substituents is 1. The monoisotopic (exact) mass is 329 g/mol. The Bertz CT molecular complexity index is 684. The Balaban J connectivity index is 1.98. The first-order valence-electron chi connectivity index (χ1n) is 7.46. The first-order chi connectivity index (χ1) is 11.5. The van der Waals surface area contributed by atoms with Crippen molar-refractivity contribution in [3.8, 4) is 5.75 Å². The summed E-state index contributed by atoms with van der Waals surface area (Å²) >= 11 is 0. The van der Waals surface area contributed by atoms with Crippen LogP contribution in [0.4, 0.5) is 4.79 Å². The standard InChI is InChI=1S/C18H19NO5/c1-12(14-7-9-15(20)10-8-14)16(17(21)22)19-18(23)24-11-13-5-3-2-4-6-13/h2-10,12,16,20H,11H2,1H3,(H,19,23)(H,21,22)/t12-,16-/m0/s1. The fraction of sp³-hybridized carbons (Fsp3) is 0.222. The van der Waals surface area contributed by atoms with Crippen molar-refractivity contribution in [2.75, 3.05) is 0 Å². The van der Waals surface area contributed by atoms with Crippen LogP contribution in [0.3, 0.4) is 0 Å². The van der Waals surface area contributed by atoms with Crippen LogP contribution >= 0.6 is 0 Å². The molecule has 0 saturated heterocycles. The van der Waals surface area contributed by atoms with Gasteiger partial charge >= 0.3 is 12.1 Å². The second-order valence-electron chi connectivity index (χ2n) is 5.40. The number of aliphatic carboxylic acids is 1. The third-order valence-electron chi connectivity index (χ3n) is 3.67. The number of rotatable bonds is 6. The Hall–Kier alpha value is -3.02. The van der Waals surface area contributed by atoms with Crippen LogP contribution < -0.4 is 5.32 Å². The van der Waals surface area contributed by atoms with Gasteiger partial charge in [0, 0.05) is 5.92 Å². The SMILES string of the molecule is C[C@@H](c1ccc(O)cc1)[C@H](NC(=O)OCc1ccccc1)C(=O)O. The molecule has 2 atom stereocenters. The molecular weight excluding hydrogens is 310 g/mol. The number of ether oxygens (including phenoxy) is 1. The highest BCUT2D eigenvalue weighted by molar-refractivity contribution is 5.81. The van der Waals surface area contributed by atoms with Gasteiger partial charge in [0.15, 0.2) is 0 Å². The molecule has 1 amide bonds. The van der Waals surface area contributed by atoms with Gasteiger partial charge in [0.1, 0.15) is 18.4 Å². The molecule has 0 saturated carbocycles. The molecule has 2 rings (SSSR count).